The van der Waals surface area contributed by atoms with Gasteiger partial charge in [-0.15, -0.1) is 0 Å². The molecule has 26 heteroatoms. The minimum absolute atomic E-state index is 0.00310. The maximum absolute atomic E-state index is 15.3. The van der Waals surface area contributed by atoms with Gasteiger partial charge in [0.1, 0.15) is 28.8 Å². The van der Waals surface area contributed by atoms with Crippen molar-refractivity contribution in [1.29, 1.82) is 0 Å². The molecule has 0 bridgehead atoms. The Morgan fingerprint density at radius 3 is 1.71 bits per heavy atom. The van der Waals surface area contributed by atoms with Crippen LogP contribution in [0.25, 0.3) is 11.3 Å². The number of nitrogens with zero attached hydrogens (tertiary/aromatic N) is 4. The summed E-state index contributed by atoms with van der Waals surface area (Å²) in [6.45, 7) is 17.6. The molecule has 1 aliphatic heterocycles. The molecule has 0 fully saturated rings. The van der Waals surface area contributed by atoms with Gasteiger partial charge >= 0.3 is 6.09 Å². The lowest BCUT2D eigenvalue weighted by atomic mass is 9.84. The van der Waals surface area contributed by atoms with Crippen LogP contribution in [0.4, 0.5) is 13.6 Å². The second-order valence-electron chi connectivity index (χ2n) is 21.4. The molecule has 1 aromatic heterocycles. The molecule has 85 heavy (non-hydrogen) atoms. The molecule has 1 aliphatic rings. The zero-order valence-electron chi connectivity index (χ0n) is 50.0. The van der Waals surface area contributed by atoms with Crippen molar-refractivity contribution in [3.05, 3.63) is 89.9 Å². The molecule has 474 valence electrons. The highest BCUT2D eigenvalue weighted by molar-refractivity contribution is 7.85. The van der Waals surface area contributed by atoms with Gasteiger partial charge in [0.05, 0.1) is 117 Å². The van der Waals surface area contributed by atoms with E-state index >= 15 is 4.39 Å². The molecule has 0 saturated heterocycles. The van der Waals surface area contributed by atoms with Crippen molar-refractivity contribution >= 4 is 46.4 Å². The Balaban J connectivity index is 1.04. The van der Waals surface area contributed by atoms with Gasteiger partial charge in [0, 0.05) is 92.6 Å². The summed E-state index contributed by atoms with van der Waals surface area (Å²) in [6, 6.07) is 11.9. The van der Waals surface area contributed by atoms with Crippen LogP contribution in [0.3, 0.4) is 0 Å². The summed E-state index contributed by atoms with van der Waals surface area (Å²) in [5.74, 6) is -3.18. The topological polar surface area (TPSA) is 263 Å². The highest BCUT2D eigenvalue weighted by Gasteiger charge is 2.39. The van der Waals surface area contributed by atoms with Crippen molar-refractivity contribution in [3.8, 4) is 11.3 Å². The lowest BCUT2D eigenvalue weighted by molar-refractivity contribution is -0.137. The van der Waals surface area contributed by atoms with E-state index in [0.717, 1.165) is 28.7 Å². The molecule has 2 atom stereocenters. The largest absolute Gasteiger partial charge is 0.444 e. The average molecular weight is 1220 g/mol. The van der Waals surface area contributed by atoms with Crippen LogP contribution in [0.2, 0.25) is 0 Å². The molecule has 1 unspecified atom stereocenters. The van der Waals surface area contributed by atoms with Gasteiger partial charge in [0.25, 0.3) is 11.8 Å². The van der Waals surface area contributed by atoms with Crippen LogP contribution < -0.4 is 16.0 Å². The zero-order valence-corrected chi connectivity index (χ0v) is 50.8. The lowest BCUT2D eigenvalue weighted by Gasteiger charge is -2.40. The van der Waals surface area contributed by atoms with Crippen molar-refractivity contribution in [2.45, 2.75) is 79.0 Å². The van der Waals surface area contributed by atoms with E-state index in [1.54, 1.807) is 31.9 Å². The number of hydrogen-bond acceptors (Lipinski definition) is 17. The van der Waals surface area contributed by atoms with E-state index in [2.05, 4.69) is 16.0 Å². The van der Waals surface area contributed by atoms with Gasteiger partial charge in [0.2, 0.25) is 17.7 Å². The van der Waals surface area contributed by atoms with Gasteiger partial charge in [-0.05, 0) is 56.4 Å². The summed E-state index contributed by atoms with van der Waals surface area (Å²) in [7, 11) is -1.71. The molecule has 0 spiro atoms. The first-order valence-corrected chi connectivity index (χ1v) is 30.1. The highest BCUT2D eigenvalue weighted by Crippen LogP contribution is 2.40. The number of aromatic nitrogens is 2. The molecule has 23 nitrogen and oxygen atoms in total. The van der Waals surface area contributed by atoms with Gasteiger partial charge < -0.3 is 68.0 Å². The van der Waals surface area contributed by atoms with Crippen LogP contribution in [-0.4, -0.2) is 215 Å². The Morgan fingerprint density at radius 1 is 0.647 bits per heavy atom. The molecule has 2 aromatic carbocycles. The van der Waals surface area contributed by atoms with Crippen LogP contribution in [0.5, 0.6) is 0 Å². The van der Waals surface area contributed by atoms with Gasteiger partial charge in [-0.3, -0.25) is 33.1 Å². The second-order valence-corrected chi connectivity index (χ2v) is 23.0. The fraction of sp³-hybridized carbons (Fsp3) is 0.610. The van der Waals surface area contributed by atoms with Gasteiger partial charge in [0.15, 0.2) is 0 Å². The summed E-state index contributed by atoms with van der Waals surface area (Å²) in [5, 5.41) is 8.14. The highest BCUT2D eigenvalue weighted by atomic mass is 32.2. The van der Waals surface area contributed by atoms with Crippen molar-refractivity contribution in [3.63, 3.8) is 0 Å². The third kappa shape index (κ3) is 29.7. The number of imide groups is 1. The number of amides is 6. The number of nitrogens with one attached hydrogen (secondary N) is 3. The average Bonchev–Trinajstić information content (AvgIpc) is 4.01. The molecule has 0 aliphatic carbocycles. The lowest BCUT2D eigenvalue weighted by Crippen LogP contribution is -2.46. The van der Waals surface area contributed by atoms with Crippen LogP contribution in [0, 0.1) is 17.0 Å². The van der Waals surface area contributed by atoms with Crippen molar-refractivity contribution in [1.82, 2.24) is 35.3 Å². The zero-order chi connectivity index (χ0) is 61.9. The smallest absolute Gasteiger partial charge is 0.407 e. The molecule has 4 rings (SSSR count). The molecule has 0 saturated carbocycles. The number of carbonyl (C=O) groups excluding carboxylic acids is 6. The number of ether oxygens (including phenoxy) is 9. The van der Waals surface area contributed by atoms with E-state index in [-0.39, 0.29) is 93.2 Å². The Bertz CT molecular complexity index is 2550. The number of imidazole rings is 1. The number of rotatable bonds is 44. The summed E-state index contributed by atoms with van der Waals surface area (Å²) in [4.78, 5) is 82.0. The van der Waals surface area contributed by atoms with Gasteiger partial charge in [-0.25, -0.2) is 18.6 Å². The molecular formula is C59H87F2N7O16S. The molecule has 0 radical (unpaired) electrons. The predicted molar refractivity (Wildman–Crippen MR) is 311 cm³/mol. The molecule has 3 aromatic rings. The number of alkyl carbamates (subject to hydrolysis) is 1. The molecule has 2 heterocycles. The van der Waals surface area contributed by atoms with E-state index in [1.807, 2.05) is 55.7 Å². The van der Waals surface area contributed by atoms with Crippen LogP contribution in [0.15, 0.2) is 66.9 Å². The maximum atomic E-state index is 15.3. The minimum atomic E-state index is -1.71. The quantitative estimate of drug-likeness (QED) is 0.0519. The third-order valence-corrected chi connectivity index (χ3v) is 13.4. The van der Waals surface area contributed by atoms with E-state index < -0.39 is 63.3 Å². The standard InChI is InChI=1S/C59H87F2N7O16S/c1-58(2,3)55(56-65-49(47-41-46(60)13-14-48(47)61)43-66(56)42-45-11-8-7-9-12-45)68(22-10-19-64-57(74)84-59(4,5)6)54(73)44-85(75)40-21-63-51(70)18-24-76-26-28-78-30-32-80-34-36-82-38-39-83-37-35-81-33-31-79-29-27-77-25-20-62-50(69)17-23-67-52(71)15-16-53(67)72/h7-9,11-16,41,43,55H,10,17-40,42,44H2,1-6H3,(H,62,69)(H,63,70)(H,64,74)/t55-,85?/m0/s1. The second kappa shape index (κ2) is 39.6. The monoisotopic (exact) mass is 1220 g/mol. The number of benzene rings is 2. The number of carbonyl (C=O) groups is 6. The van der Waals surface area contributed by atoms with E-state index in [0.29, 0.717) is 111 Å². The summed E-state index contributed by atoms with van der Waals surface area (Å²) >= 11 is 0. The van der Waals surface area contributed by atoms with Crippen LogP contribution in [0.1, 0.15) is 78.2 Å². The molecular weight excluding hydrogens is 1130 g/mol. The first-order valence-electron chi connectivity index (χ1n) is 28.6. The van der Waals surface area contributed by atoms with Crippen LogP contribution in [-0.2, 0) is 83.9 Å². The van der Waals surface area contributed by atoms with E-state index in [9.17, 15) is 37.4 Å². The number of hydrogen-bond donors (Lipinski definition) is 3. The van der Waals surface area contributed by atoms with Crippen molar-refractivity contribution in [2.75, 3.05) is 150 Å². The summed E-state index contributed by atoms with van der Waals surface area (Å²) in [5.41, 5.74) is -0.415. The van der Waals surface area contributed by atoms with E-state index in [1.165, 1.54) is 12.2 Å². The molecule has 3 N–H and O–H groups in total. The summed E-state index contributed by atoms with van der Waals surface area (Å²) in [6.07, 6.45) is 3.76. The molecule has 6 amide bonds. The first-order chi connectivity index (χ1) is 40.7. The van der Waals surface area contributed by atoms with Gasteiger partial charge in [-0.2, -0.15) is 0 Å². The Kier molecular flexibility index (Phi) is 33.2. The first kappa shape index (κ1) is 71.4. The maximum Gasteiger partial charge on any atom is 0.407 e. The van der Waals surface area contributed by atoms with E-state index in [4.69, 9.17) is 47.6 Å². The Hall–Kier alpha value is -6.10. The minimum Gasteiger partial charge on any atom is -0.444 e. The number of halogens is 2. The summed E-state index contributed by atoms with van der Waals surface area (Å²) < 4.78 is 94.5. The predicted octanol–water partition coefficient (Wildman–Crippen LogP) is 4.53. The van der Waals surface area contributed by atoms with Crippen LogP contribution >= 0.6 is 0 Å². The Labute approximate surface area is 499 Å². The Morgan fingerprint density at radius 2 is 1.16 bits per heavy atom. The fourth-order valence-corrected chi connectivity index (χ4v) is 9.15. The fourth-order valence-electron chi connectivity index (χ4n) is 8.23. The third-order valence-electron chi connectivity index (χ3n) is 12.2. The SMILES string of the molecule is CC(C)(C)OC(=O)NCCCN(C(=O)CS(=O)CCNC(=O)CCOCCOCCOCCOCCOCCOCCOCCOCCNC(=O)CCN1C(=O)C=CC1=O)[C@@H](c1nc(-c2cc(F)ccc2F)cn1Cc1ccccc1)C(C)(C)C. The van der Waals surface area contributed by atoms with Crippen molar-refractivity contribution in [2.24, 2.45) is 5.41 Å². The normalized spacial score (nSPS) is 13.3. The van der Waals surface area contributed by atoms with Crippen molar-refractivity contribution < 1.29 is 84.4 Å². The van der Waals surface area contributed by atoms with Gasteiger partial charge in [-0.1, -0.05) is 51.1 Å².